The zero-order valence-corrected chi connectivity index (χ0v) is 19.0. The molecule has 2 aromatic carbocycles. The summed E-state index contributed by atoms with van der Waals surface area (Å²) in [6.07, 6.45) is -1.19. The average molecular weight is 477 g/mol. The highest BCUT2D eigenvalue weighted by Gasteiger charge is 2.30. The molecule has 0 saturated heterocycles. The number of halogens is 3. The van der Waals surface area contributed by atoms with Crippen LogP contribution in [0.15, 0.2) is 61.1 Å². The van der Waals surface area contributed by atoms with E-state index in [4.69, 9.17) is 5.73 Å². The maximum Gasteiger partial charge on any atom is 0.416 e. The molecule has 0 unspecified atom stereocenters. The first-order valence-corrected chi connectivity index (χ1v) is 10.8. The van der Waals surface area contributed by atoms with E-state index in [1.807, 2.05) is 30.7 Å². The topological polar surface area (TPSA) is 85.8 Å². The molecule has 4 rings (SSSR count). The summed E-state index contributed by atoms with van der Waals surface area (Å²) in [5, 5.41) is 3.20. The molecule has 0 aliphatic heterocycles. The van der Waals surface area contributed by atoms with E-state index in [0.29, 0.717) is 33.5 Å². The van der Waals surface area contributed by atoms with Gasteiger partial charge in [0.15, 0.2) is 0 Å². The molecule has 2 heterocycles. The number of nitrogens with two attached hydrogens (primary N) is 1. The zero-order valence-electron chi connectivity index (χ0n) is 19.0. The number of nitrogens with one attached hydrogen (secondary N) is 1. The number of aromatic nitrogens is 3. The van der Waals surface area contributed by atoms with Crippen LogP contribution in [0.1, 0.15) is 42.1 Å². The van der Waals surface area contributed by atoms with Gasteiger partial charge in [0.1, 0.15) is 17.8 Å². The number of fused-ring (bicyclic) bond motifs is 1. The fourth-order valence-electron chi connectivity index (χ4n) is 3.66. The van der Waals surface area contributed by atoms with Crippen LogP contribution in [-0.4, -0.2) is 20.4 Å². The SMILES string of the molecule is CC(C)n1cc(C#Cc2cccc(CC(=O)Nc3cccc(C(F)(F)F)c3)c2)c2c(N)ncnc21. The zero-order chi connectivity index (χ0) is 25.2. The Morgan fingerprint density at radius 1 is 1.11 bits per heavy atom. The molecule has 1 amide bonds. The van der Waals surface area contributed by atoms with E-state index >= 15 is 0 Å². The van der Waals surface area contributed by atoms with Crippen molar-refractivity contribution in [2.24, 2.45) is 0 Å². The van der Waals surface area contributed by atoms with E-state index in [2.05, 4.69) is 27.1 Å². The maximum absolute atomic E-state index is 12.9. The molecule has 0 saturated carbocycles. The molecule has 3 N–H and O–H groups in total. The first kappa shape index (κ1) is 23.8. The van der Waals surface area contributed by atoms with Crippen molar-refractivity contribution in [3.63, 3.8) is 0 Å². The average Bonchev–Trinajstić information content (AvgIpc) is 3.18. The number of anilines is 2. The van der Waals surface area contributed by atoms with Crippen LogP contribution < -0.4 is 11.1 Å². The summed E-state index contributed by atoms with van der Waals surface area (Å²) in [4.78, 5) is 20.8. The number of nitrogens with zero attached hydrogens (tertiary/aromatic N) is 3. The summed E-state index contributed by atoms with van der Waals surface area (Å²) in [5.74, 6) is 6.13. The van der Waals surface area contributed by atoms with Gasteiger partial charge in [-0.2, -0.15) is 13.2 Å². The number of carbonyl (C=O) groups excluding carboxylic acids is 1. The van der Waals surface area contributed by atoms with Crippen molar-refractivity contribution < 1.29 is 18.0 Å². The fraction of sp³-hybridized carbons (Fsp3) is 0.192. The molecular weight excluding hydrogens is 455 g/mol. The largest absolute Gasteiger partial charge is 0.416 e. The van der Waals surface area contributed by atoms with E-state index in [9.17, 15) is 18.0 Å². The Kier molecular flexibility index (Phi) is 6.47. The minimum atomic E-state index is -4.48. The molecule has 0 spiro atoms. The molecule has 35 heavy (non-hydrogen) atoms. The maximum atomic E-state index is 12.9. The fourth-order valence-corrected chi connectivity index (χ4v) is 3.66. The predicted octanol–water partition coefficient (Wildman–Crippen LogP) is 5.19. The van der Waals surface area contributed by atoms with Gasteiger partial charge in [-0.3, -0.25) is 4.79 Å². The number of rotatable bonds is 4. The lowest BCUT2D eigenvalue weighted by Crippen LogP contribution is -2.15. The quantitative estimate of drug-likeness (QED) is 0.396. The molecular formula is C26H22F3N5O. The summed E-state index contributed by atoms with van der Waals surface area (Å²) in [6, 6.07) is 11.8. The number of carbonyl (C=O) groups is 1. The third kappa shape index (κ3) is 5.44. The van der Waals surface area contributed by atoms with Crippen LogP contribution in [-0.2, 0) is 17.4 Å². The van der Waals surface area contributed by atoms with Gasteiger partial charge in [-0.25, -0.2) is 9.97 Å². The van der Waals surface area contributed by atoms with Gasteiger partial charge < -0.3 is 15.6 Å². The van der Waals surface area contributed by atoms with Gasteiger partial charge in [0.2, 0.25) is 5.91 Å². The van der Waals surface area contributed by atoms with Crippen LogP contribution in [0.3, 0.4) is 0 Å². The van der Waals surface area contributed by atoms with E-state index in [1.165, 1.54) is 18.5 Å². The molecule has 9 heteroatoms. The Balaban J connectivity index is 1.53. The number of hydrogen-bond acceptors (Lipinski definition) is 4. The Labute approximate surface area is 200 Å². The van der Waals surface area contributed by atoms with Gasteiger partial charge in [-0.05, 0) is 49.7 Å². The number of benzene rings is 2. The Hall–Kier alpha value is -4.32. The first-order valence-electron chi connectivity index (χ1n) is 10.8. The van der Waals surface area contributed by atoms with Gasteiger partial charge >= 0.3 is 6.18 Å². The summed E-state index contributed by atoms with van der Waals surface area (Å²) in [6.45, 7) is 4.06. The highest BCUT2D eigenvalue weighted by Crippen LogP contribution is 2.30. The highest BCUT2D eigenvalue weighted by atomic mass is 19.4. The second kappa shape index (κ2) is 9.50. The lowest BCUT2D eigenvalue weighted by molar-refractivity contribution is -0.137. The summed E-state index contributed by atoms with van der Waals surface area (Å²) < 4.78 is 40.7. The first-order chi connectivity index (χ1) is 16.6. The summed E-state index contributed by atoms with van der Waals surface area (Å²) in [5.41, 5.74) is 8.09. The van der Waals surface area contributed by atoms with E-state index < -0.39 is 17.6 Å². The van der Waals surface area contributed by atoms with Gasteiger partial charge in [0.25, 0.3) is 0 Å². The predicted molar refractivity (Wildman–Crippen MR) is 129 cm³/mol. The second-order valence-corrected chi connectivity index (χ2v) is 8.26. The van der Waals surface area contributed by atoms with E-state index in [0.717, 1.165) is 12.1 Å². The normalized spacial score (nSPS) is 11.4. The second-order valence-electron chi connectivity index (χ2n) is 8.26. The van der Waals surface area contributed by atoms with Crippen LogP contribution >= 0.6 is 0 Å². The van der Waals surface area contributed by atoms with Crippen molar-refractivity contribution in [1.29, 1.82) is 0 Å². The van der Waals surface area contributed by atoms with E-state index in [-0.39, 0.29) is 18.2 Å². The van der Waals surface area contributed by atoms with E-state index in [1.54, 1.807) is 18.2 Å². The molecule has 178 valence electrons. The standard InChI is InChI=1S/C26H22F3N5O/c1-16(2)34-14-19(23-24(30)31-15-32-25(23)34)10-9-17-5-3-6-18(11-17)12-22(35)33-21-8-4-7-20(13-21)26(27,28)29/h3-8,11,13-16H,12H2,1-2H3,(H,33,35)(H2,30,31,32). The molecule has 0 radical (unpaired) electrons. The molecule has 0 aliphatic rings. The third-order valence-corrected chi connectivity index (χ3v) is 5.30. The molecule has 2 aromatic heterocycles. The van der Waals surface area contributed by atoms with Crippen LogP contribution in [0.4, 0.5) is 24.7 Å². The molecule has 4 aromatic rings. The van der Waals surface area contributed by atoms with Crippen molar-refractivity contribution in [1.82, 2.24) is 14.5 Å². The van der Waals surface area contributed by atoms with Crippen molar-refractivity contribution in [2.45, 2.75) is 32.5 Å². The Bertz CT molecular complexity index is 1460. The Morgan fingerprint density at radius 3 is 2.63 bits per heavy atom. The van der Waals surface area contributed by atoms with Gasteiger partial charge in [0.05, 0.1) is 22.9 Å². The molecule has 6 nitrogen and oxygen atoms in total. The molecule has 0 aliphatic carbocycles. The smallest absolute Gasteiger partial charge is 0.383 e. The van der Waals surface area contributed by atoms with Crippen LogP contribution in [0.2, 0.25) is 0 Å². The van der Waals surface area contributed by atoms with Crippen molar-refractivity contribution in [2.75, 3.05) is 11.1 Å². The monoisotopic (exact) mass is 477 g/mol. The number of nitrogen functional groups attached to an aromatic ring is 1. The summed E-state index contributed by atoms with van der Waals surface area (Å²) in [7, 11) is 0. The minimum absolute atomic E-state index is 0.0147. The van der Waals surface area contributed by atoms with Gasteiger partial charge in [-0.1, -0.05) is 30.0 Å². The van der Waals surface area contributed by atoms with Gasteiger partial charge in [0, 0.05) is 23.5 Å². The molecule has 0 fully saturated rings. The van der Waals surface area contributed by atoms with Crippen molar-refractivity contribution >= 4 is 28.4 Å². The number of alkyl halides is 3. The van der Waals surface area contributed by atoms with Crippen LogP contribution in [0, 0.1) is 11.8 Å². The van der Waals surface area contributed by atoms with Crippen LogP contribution in [0.25, 0.3) is 11.0 Å². The van der Waals surface area contributed by atoms with Gasteiger partial charge in [-0.15, -0.1) is 0 Å². The molecule has 0 bridgehead atoms. The van der Waals surface area contributed by atoms with Crippen LogP contribution in [0.5, 0.6) is 0 Å². The lowest BCUT2D eigenvalue weighted by Gasteiger charge is -2.10. The number of hydrogen-bond donors (Lipinski definition) is 2. The van der Waals surface area contributed by atoms with Crippen molar-refractivity contribution in [3.05, 3.63) is 83.3 Å². The summed E-state index contributed by atoms with van der Waals surface area (Å²) >= 11 is 0. The number of amides is 1. The minimum Gasteiger partial charge on any atom is -0.383 e. The lowest BCUT2D eigenvalue weighted by atomic mass is 10.1. The van der Waals surface area contributed by atoms with Crippen molar-refractivity contribution in [3.8, 4) is 11.8 Å². The molecule has 0 atom stereocenters. The Morgan fingerprint density at radius 2 is 1.89 bits per heavy atom. The highest BCUT2D eigenvalue weighted by molar-refractivity contribution is 5.93. The third-order valence-electron chi connectivity index (χ3n) is 5.30.